The summed E-state index contributed by atoms with van der Waals surface area (Å²) in [6.07, 6.45) is 0. The van der Waals surface area contributed by atoms with E-state index in [9.17, 15) is 0 Å². The fraction of sp³-hybridized carbons (Fsp3) is 0.444. The van der Waals surface area contributed by atoms with Crippen molar-refractivity contribution in [2.45, 2.75) is 13.0 Å². The monoisotopic (exact) mass is 214 g/mol. The number of nitrogens with zero attached hydrogens (tertiary/aromatic N) is 1. The molecular weight excluding hydrogens is 200 g/mol. The molecule has 0 aromatic carbocycles. The van der Waals surface area contributed by atoms with Gasteiger partial charge in [0.2, 0.25) is 0 Å². The van der Waals surface area contributed by atoms with Gasteiger partial charge in [-0.15, -0.1) is 11.3 Å². The summed E-state index contributed by atoms with van der Waals surface area (Å²) < 4.78 is 0. The van der Waals surface area contributed by atoms with Crippen LogP contribution in [0.1, 0.15) is 17.8 Å². The summed E-state index contributed by atoms with van der Waals surface area (Å²) in [5, 5.41) is 6.10. The zero-order chi connectivity index (χ0) is 9.84. The highest BCUT2D eigenvalue weighted by Crippen LogP contribution is 2.17. The van der Waals surface area contributed by atoms with E-state index in [1.807, 2.05) is 19.0 Å². The molecule has 4 heteroatoms. The van der Waals surface area contributed by atoms with Crippen LogP contribution in [0.5, 0.6) is 0 Å². The Hall–Kier alpha value is -0.610. The van der Waals surface area contributed by atoms with E-state index < -0.39 is 0 Å². The Morgan fingerprint density at radius 1 is 1.62 bits per heavy atom. The highest BCUT2D eigenvalue weighted by molar-refractivity contribution is 7.80. The van der Waals surface area contributed by atoms with Gasteiger partial charge in [-0.05, 0) is 30.6 Å². The molecule has 0 amide bonds. The van der Waals surface area contributed by atoms with Crippen molar-refractivity contribution in [1.29, 1.82) is 0 Å². The summed E-state index contributed by atoms with van der Waals surface area (Å²) in [7, 11) is 3.88. The van der Waals surface area contributed by atoms with Crippen LogP contribution in [-0.4, -0.2) is 24.1 Å². The van der Waals surface area contributed by atoms with Gasteiger partial charge in [-0.2, -0.15) is 0 Å². The van der Waals surface area contributed by atoms with Gasteiger partial charge in [0.25, 0.3) is 0 Å². The highest BCUT2D eigenvalue weighted by Gasteiger charge is 2.07. The van der Waals surface area contributed by atoms with Crippen molar-refractivity contribution in [3.8, 4) is 0 Å². The van der Waals surface area contributed by atoms with Crippen LogP contribution in [-0.2, 0) is 0 Å². The van der Waals surface area contributed by atoms with Crippen molar-refractivity contribution in [2.24, 2.45) is 0 Å². The van der Waals surface area contributed by atoms with Crippen LogP contribution >= 0.6 is 23.6 Å². The molecular formula is C9H14N2S2. The molecule has 0 saturated heterocycles. The second-order valence-electron chi connectivity index (χ2n) is 3.08. The number of nitrogens with one attached hydrogen (secondary N) is 1. The van der Waals surface area contributed by atoms with Crippen LogP contribution in [0.15, 0.2) is 17.5 Å². The van der Waals surface area contributed by atoms with Crippen LogP contribution in [0.4, 0.5) is 0 Å². The van der Waals surface area contributed by atoms with Crippen LogP contribution in [0.25, 0.3) is 0 Å². The third-order valence-corrected chi connectivity index (χ3v) is 3.25. The molecule has 0 spiro atoms. The second kappa shape index (κ2) is 4.58. The van der Waals surface area contributed by atoms with Gasteiger partial charge >= 0.3 is 0 Å². The van der Waals surface area contributed by atoms with Crippen molar-refractivity contribution in [2.75, 3.05) is 14.1 Å². The van der Waals surface area contributed by atoms with E-state index in [1.54, 1.807) is 11.3 Å². The molecule has 0 aliphatic rings. The van der Waals surface area contributed by atoms with E-state index in [0.29, 0.717) is 6.04 Å². The maximum absolute atomic E-state index is 5.15. The molecule has 1 unspecified atom stereocenters. The van der Waals surface area contributed by atoms with Gasteiger partial charge in [0.1, 0.15) is 0 Å². The fourth-order valence-electron chi connectivity index (χ4n) is 0.923. The number of thiocarbonyl (C=S) groups is 1. The molecule has 1 rings (SSSR count). The summed E-state index contributed by atoms with van der Waals surface area (Å²) in [5.74, 6) is 0. The minimum atomic E-state index is 0.301. The largest absolute Gasteiger partial charge is 0.355 e. The minimum absolute atomic E-state index is 0.301. The average molecular weight is 214 g/mol. The zero-order valence-electron chi connectivity index (χ0n) is 8.07. The maximum atomic E-state index is 5.15. The molecule has 0 bridgehead atoms. The number of rotatable bonds is 2. The summed E-state index contributed by atoms with van der Waals surface area (Å²) in [5.41, 5.74) is 0. The van der Waals surface area contributed by atoms with Gasteiger partial charge in [0.15, 0.2) is 5.11 Å². The normalized spacial score (nSPS) is 12.2. The van der Waals surface area contributed by atoms with E-state index in [0.717, 1.165) is 5.11 Å². The molecule has 2 nitrogen and oxygen atoms in total. The SMILES string of the molecule is CC(NC(=S)N(C)C)c1cccs1. The first kappa shape index (κ1) is 10.5. The molecule has 0 aliphatic carbocycles. The lowest BCUT2D eigenvalue weighted by atomic mass is 10.3. The summed E-state index contributed by atoms with van der Waals surface area (Å²) in [6, 6.07) is 4.47. The smallest absolute Gasteiger partial charge is 0.168 e. The summed E-state index contributed by atoms with van der Waals surface area (Å²) in [4.78, 5) is 3.21. The van der Waals surface area contributed by atoms with Crippen LogP contribution in [0.3, 0.4) is 0 Å². The Labute approximate surface area is 88.6 Å². The lowest BCUT2D eigenvalue weighted by Gasteiger charge is -2.19. The maximum Gasteiger partial charge on any atom is 0.168 e. The molecule has 0 fully saturated rings. The van der Waals surface area contributed by atoms with Crippen LogP contribution < -0.4 is 5.32 Å². The lowest BCUT2D eigenvalue weighted by Crippen LogP contribution is -2.35. The molecule has 1 aromatic rings. The van der Waals surface area contributed by atoms with Crippen molar-refractivity contribution >= 4 is 28.7 Å². The molecule has 0 saturated carbocycles. The molecule has 0 aliphatic heterocycles. The molecule has 0 radical (unpaired) electrons. The first-order valence-electron chi connectivity index (χ1n) is 4.12. The van der Waals surface area contributed by atoms with E-state index in [4.69, 9.17) is 12.2 Å². The molecule has 1 N–H and O–H groups in total. The van der Waals surface area contributed by atoms with E-state index >= 15 is 0 Å². The Morgan fingerprint density at radius 3 is 2.77 bits per heavy atom. The highest BCUT2D eigenvalue weighted by atomic mass is 32.1. The van der Waals surface area contributed by atoms with Gasteiger partial charge in [-0.3, -0.25) is 0 Å². The van der Waals surface area contributed by atoms with Gasteiger partial charge < -0.3 is 10.2 Å². The zero-order valence-corrected chi connectivity index (χ0v) is 9.71. The molecule has 13 heavy (non-hydrogen) atoms. The number of hydrogen-bond acceptors (Lipinski definition) is 2. The third kappa shape index (κ3) is 2.97. The number of hydrogen-bond donors (Lipinski definition) is 1. The predicted molar refractivity (Wildman–Crippen MR) is 62.2 cm³/mol. The Bertz CT molecular complexity index is 267. The van der Waals surface area contributed by atoms with E-state index in [1.165, 1.54) is 4.88 Å². The van der Waals surface area contributed by atoms with E-state index in [-0.39, 0.29) is 0 Å². The first-order chi connectivity index (χ1) is 6.11. The van der Waals surface area contributed by atoms with Crippen molar-refractivity contribution in [3.05, 3.63) is 22.4 Å². The Kier molecular flexibility index (Phi) is 3.69. The molecule has 1 aromatic heterocycles. The lowest BCUT2D eigenvalue weighted by molar-refractivity contribution is 0.577. The predicted octanol–water partition coefficient (Wildman–Crippen LogP) is 2.25. The average Bonchev–Trinajstić information content (AvgIpc) is 2.55. The molecule has 1 heterocycles. The number of thiophene rings is 1. The summed E-state index contributed by atoms with van der Waals surface area (Å²) >= 11 is 6.89. The summed E-state index contributed by atoms with van der Waals surface area (Å²) in [6.45, 7) is 2.11. The fourth-order valence-corrected chi connectivity index (χ4v) is 1.83. The Balaban J connectivity index is 2.51. The standard InChI is InChI=1S/C9H14N2S2/c1-7(8-5-4-6-13-8)10-9(12)11(2)3/h4-7H,1-3H3,(H,10,12). The van der Waals surface area contributed by atoms with Crippen LogP contribution in [0, 0.1) is 0 Å². The van der Waals surface area contributed by atoms with Gasteiger partial charge in [-0.1, -0.05) is 6.07 Å². The first-order valence-corrected chi connectivity index (χ1v) is 5.41. The molecule has 72 valence electrons. The minimum Gasteiger partial charge on any atom is -0.355 e. The van der Waals surface area contributed by atoms with Gasteiger partial charge in [-0.25, -0.2) is 0 Å². The van der Waals surface area contributed by atoms with Gasteiger partial charge in [0.05, 0.1) is 6.04 Å². The third-order valence-electron chi connectivity index (χ3n) is 1.72. The second-order valence-corrected chi connectivity index (χ2v) is 4.45. The topological polar surface area (TPSA) is 15.3 Å². The molecule has 1 atom stereocenters. The van der Waals surface area contributed by atoms with Crippen molar-refractivity contribution in [3.63, 3.8) is 0 Å². The Morgan fingerprint density at radius 2 is 2.31 bits per heavy atom. The van der Waals surface area contributed by atoms with E-state index in [2.05, 4.69) is 29.8 Å². The van der Waals surface area contributed by atoms with Crippen molar-refractivity contribution in [1.82, 2.24) is 10.2 Å². The quantitative estimate of drug-likeness (QED) is 0.760. The van der Waals surface area contributed by atoms with Gasteiger partial charge in [0, 0.05) is 19.0 Å². The van der Waals surface area contributed by atoms with Crippen molar-refractivity contribution < 1.29 is 0 Å². The van der Waals surface area contributed by atoms with Crippen LogP contribution in [0.2, 0.25) is 0 Å².